The van der Waals surface area contributed by atoms with Crippen molar-refractivity contribution >= 4 is 11.5 Å². The third-order valence-electron chi connectivity index (χ3n) is 4.03. The van der Waals surface area contributed by atoms with Crippen LogP contribution in [0, 0.1) is 0 Å². The summed E-state index contributed by atoms with van der Waals surface area (Å²) in [6.45, 7) is 1.70. The van der Waals surface area contributed by atoms with Gasteiger partial charge in [0.15, 0.2) is 0 Å². The highest BCUT2D eigenvalue weighted by Gasteiger charge is 2.09. The van der Waals surface area contributed by atoms with Gasteiger partial charge in [0.25, 0.3) is 0 Å². The Morgan fingerprint density at radius 3 is 2.50 bits per heavy atom. The van der Waals surface area contributed by atoms with Crippen LogP contribution < -0.4 is 0 Å². The van der Waals surface area contributed by atoms with E-state index in [9.17, 15) is 5.11 Å². The summed E-state index contributed by atoms with van der Waals surface area (Å²) in [6, 6.07) is 18.2. The lowest BCUT2D eigenvalue weighted by molar-refractivity contribution is 0.147. The van der Waals surface area contributed by atoms with E-state index in [2.05, 4.69) is 45.8 Å². The average Bonchev–Trinajstić information content (AvgIpc) is 3.16. The zero-order valence-electron chi connectivity index (χ0n) is 13.7. The maximum atomic E-state index is 10.2. The standard InChI is InChI=1S/C19H21N3OS/c1-22(12-11-19(23)17-5-3-2-4-6-17)13-15-7-9-16(10-8-15)18-14-24-21-20-18/h2-10,14,19,23H,11-13H2,1H3. The molecule has 0 bridgehead atoms. The van der Waals surface area contributed by atoms with Crippen LogP contribution in [-0.4, -0.2) is 33.2 Å². The molecule has 2 aromatic carbocycles. The second kappa shape index (κ2) is 8.15. The fourth-order valence-corrected chi connectivity index (χ4v) is 3.11. The van der Waals surface area contributed by atoms with Crippen LogP contribution in [0.3, 0.4) is 0 Å². The van der Waals surface area contributed by atoms with E-state index < -0.39 is 6.10 Å². The predicted octanol–water partition coefficient (Wildman–Crippen LogP) is 3.76. The summed E-state index contributed by atoms with van der Waals surface area (Å²) in [5.74, 6) is 0. The molecule has 0 spiro atoms. The largest absolute Gasteiger partial charge is 0.388 e. The fraction of sp³-hybridized carbons (Fsp3) is 0.263. The van der Waals surface area contributed by atoms with Gasteiger partial charge in [0.2, 0.25) is 0 Å². The molecule has 0 fully saturated rings. The van der Waals surface area contributed by atoms with Crippen LogP contribution in [0.15, 0.2) is 60.0 Å². The van der Waals surface area contributed by atoms with Gasteiger partial charge in [-0.25, -0.2) is 0 Å². The monoisotopic (exact) mass is 339 g/mol. The van der Waals surface area contributed by atoms with Crippen LogP contribution in [0.1, 0.15) is 23.7 Å². The summed E-state index contributed by atoms with van der Waals surface area (Å²) in [7, 11) is 2.08. The Bertz CT molecular complexity index is 729. The van der Waals surface area contributed by atoms with Crippen molar-refractivity contribution in [1.29, 1.82) is 0 Å². The van der Waals surface area contributed by atoms with E-state index in [4.69, 9.17) is 0 Å². The molecule has 0 aliphatic rings. The van der Waals surface area contributed by atoms with Gasteiger partial charge in [0.1, 0.15) is 5.69 Å². The molecule has 1 atom stereocenters. The van der Waals surface area contributed by atoms with Gasteiger partial charge in [-0.2, -0.15) is 0 Å². The highest BCUT2D eigenvalue weighted by atomic mass is 32.1. The van der Waals surface area contributed by atoms with Crippen molar-refractivity contribution in [1.82, 2.24) is 14.5 Å². The predicted molar refractivity (Wildman–Crippen MR) is 97.7 cm³/mol. The van der Waals surface area contributed by atoms with Crippen LogP contribution in [0.4, 0.5) is 0 Å². The second-order valence-corrected chi connectivity index (χ2v) is 6.55. The molecule has 0 aliphatic carbocycles. The Hall–Kier alpha value is -2.08. The van der Waals surface area contributed by atoms with Crippen molar-refractivity contribution in [3.05, 3.63) is 71.1 Å². The summed E-state index contributed by atoms with van der Waals surface area (Å²) in [5.41, 5.74) is 4.24. The minimum Gasteiger partial charge on any atom is -0.388 e. The first-order chi connectivity index (χ1) is 11.7. The first-order valence-electron chi connectivity index (χ1n) is 8.00. The summed E-state index contributed by atoms with van der Waals surface area (Å²) < 4.78 is 3.89. The minimum absolute atomic E-state index is 0.409. The van der Waals surface area contributed by atoms with Crippen molar-refractivity contribution in [3.8, 4) is 11.3 Å². The number of aliphatic hydroxyl groups excluding tert-OH is 1. The molecule has 4 nitrogen and oxygen atoms in total. The molecule has 1 N–H and O–H groups in total. The average molecular weight is 339 g/mol. The third-order valence-corrected chi connectivity index (χ3v) is 4.54. The van der Waals surface area contributed by atoms with Gasteiger partial charge >= 0.3 is 0 Å². The topological polar surface area (TPSA) is 49.2 Å². The van der Waals surface area contributed by atoms with E-state index in [1.165, 1.54) is 17.1 Å². The summed E-state index contributed by atoms with van der Waals surface area (Å²) >= 11 is 1.36. The zero-order chi connectivity index (χ0) is 16.8. The molecule has 0 aliphatic heterocycles. The highest BCUT2D eigenvalue weighted by Crippen LogP contribution is 2.19. The van der Waals surface area contributed by atoms with Crippen molar-refractivity contribution in [3.63, 3.8) is 0 Å². The van der Waals surface area contributed by atoms with Crippen molar-refractivity contribution in [2.45, 2.75) is 19.1 Å². The Balaban J connectivity index is 1.50. The van der Waals surface area contributed by atoms with E-state index in [0.717, 1.165) is 36.3 Å². The molecule has 1 unspecified atom stereocenters. The summed E-state index contributed by atoms with van der Waals surface area (Å²) in [6.07, 6.45) is 0.316. The van der Waals surface area contributed by atoms with Crippen molar-refractivity contribution in [2.24, 2.45) is 0 Å². The molecule has 0 saturated heterocycles. The lowest BCUT2D eigenvalue weighted by atomic mass is 10.1. The van der Waals surface area contributed by atoms with Gasteiger partial charge in [-0.3, -0.25) is 0 Å². The lowest BCUT2D eigenvalue weighted by Crippen LogP contribution is -2.20. The Kier molecular flexibility index (Phi) is 5.69. The van der Waals surface area contributed by atoms with Crippen LogP contribution >= 0.6 is 11.5 Å². The molecular weight excluding hydrogens is 318 g/mol. The summed E-state index contributed by atoms with van der Waals surface area (Å²) in [5, 5.41) is 16.3. The Morgan fingerprint density at radius 2 is 1.83 bits per heavy atom. The number of benzene rings is 2. The molecule has 1 heterocycles. The molecule has 0 saturated carbocycles. The molecular formula is C19H21N3OS. The van der Waals surface area contributed by atoms with E-state index in [-0.39, 0.29) is 0 Å². The van der Waals surface area contributed by atoms with Gasteiger partial charge in [0.05, 0.1) is 6.10 Å². The van der Waals surface area contributed by atoms with Crippen LogP contribution in [0.5, 0.6) is 0 Å². The van der Waals surface area contributed by atoms with Gasteiger partial charge < -0.3 is 10.0 Å². The zero-order valence-corrected chi connectivity index (χ0v) is 14.5. The number of nitrogens with zero attached hydrogens (tertiary/aromatic N) is 3. The Morgan fingerprint density at radius 1 is 1.08 bits per heavy atom. The number of aliphatic hydroxyl groups is 1. The smallest absolute Gasteiger partial charge is 0.105 e. The molecule has 0 radical (unpaired) electrons. The maximum absolute atomic E-state index is 10.2. The van der Waals surface area contributed by atoms with Crippen LogP contribution in [0.25, 0.3) is 11.3 Å². The lowest BCUT2D eigenvalue weighted by Gasteiger charge is -2.19. The van der Waals surface area contributed by atoms with E-state index in [1.807, 2.05) is 35.7 Å². The second-order valence-electron chi connectivity index (χ2n) is 5.94. The number of hydrogen-bond acceptors (Lipinski definition) is 5. The first kappa shape index (κ1) is 16.8. The third kappa shape index (κ3) is 4.47. The molecule has 3 rings (SSSR count). The van der Waals surface area contributed by atoms with Crippen molar-refractivity contribution in [2.75, 3.05) is 13.6 Å². The molecule has 24 heavy (non-hydrogen) atoms. The van der Waals surface area contributed by atoms with Gasteiger partial charge in [-0.05, 0) is 36.1 Å². The highest BCUT2D eigenvalue weighted by molar-refractivity contribution is 7.03. The van der Waals surface area contributed by atoms with E-state index >= 15 is 0 Å². The normalized spacial score (nSPS) is 12.5. The molecule has 124 valence electrons. The fourth-order valence-electron chi connectivity index (χ4n) is 2.65. The molecule has 0 amide bonds. The number of hydrogen-bond donors (Lipinski definition) is 1. The van der Waals surface area contributed by atoms with Crippen molar-refractivity contribution < 1.29 is 5.11 Å². The van der Waals surface area contributed by atoms with E-state index in [1.54, 1.807) is 0 Å². The summed E-state index contributed by atoms with van der Waals surface area (Å²) in [4.78, 5) is 2.23. The number of rotatable bonds is 7. The number of aromatic nitrogens is 2. The first-order valence-corrected chi connectivity index (χ1v) is 8.84. The van der Waals surface area contributed by atoms with E-state index in [0.29, 0.717) is 0 Å². The Labute approximate surface area is 146 Å². The van der Waals surface area contributed by atoms with Crippen LogP contribution in [0.2, 0.25) is 0 Å². The molecule has 5 heteroatoms. The quantitative estimate of drug-likeness (QED) is 0.712. The van der Waals surface area contributed by atoms with Gasteiger partial charge in [-0.1, -0.05) is 59.1 Å². The maximum Gasteiger partial charge on any atom is 0.105 e. The van der Waals surface area contributed by atoms with Gasteiger partial charge in [0, 0.05) is 24.0 Å². The molecule has 1 aromatic heterocycles. The molecule has 3 aromatic rings. The SMILES string of the molecule is CN(CCC(O)c1ccccc1)Cc1ccc(-c2csnn2)cc1. The van der Waals surface area contributed by atoms with Gasteiger partial charge in [-0.15, -0.1) is 5.10 Å². The van der Waals surface area contributed by atoms with Crippen LogP contribution in [-0.2, 0) is 6.54 Å². The minimum atomic E-state index is -0.409.